The van der Waals surface area contributed by atoms with Gasteiger partial charge >= 0.3 is 6.09 Å². The molecular formula is C25H26N6O5S. The first-order chi connectivity index (χ1) is 17.9. The van der Waals surface area contributed by atoms with Gasteiger partial charge in [0.05, 0.1) is 23.4 Å². The van der Waals surface area contributed by atoms with Crippen molar-refractivity contribution < 1.29 is 22.7 Å². The number of benzene rings is 1. The van der Waals surface area contributed by atoms with Gasteiger partial charge in [-0.15, -0.1) is 0 Å². The highest BCUT2D eigenvalue weighted by Crippen LogP contribution is 2.26. The molecule has 0 spiro atoms. The van der Waals surface area contributed by atoms with Crippen molar-refractivity contribution in [3.63, 3.8) is 0 Å². The number of hydrogen-bond acceptors (Lipinski definition) is 9. The molecule has 0 aliphatic carbocycles. The summed E-state index contributed by atoms with van der Waals surface area (Å²) in [5.74, 6) is 0.418. The Morgan fingerprint density at radius 3 is 2.57 bits per heavy atom. The maximum absolute atomic E-state index is 12.4. The van der Waals surface area contributed by atoms with Crippen molar-refractivity contribution in [3.05, 3.63) is 66.9 Å². The first-order valence-electron chi connectivity index (χ1n) is 11.8. The molecule has 1 aliphatic rings. The molecule has 1 saturated heterocycles. The topological polar surface area (TPSA) is 129 Å². The van der Waals surface area contributed by atoms with E-state index in [0.717, 1.165) is 5.56 Å². The molecule has 0 saturated carbocycles. The number of sulfone groups is 1. The van der Waals surface area contributed by atoms with Crippen LogP contribution < -0.4 is 4.74 Å². The highest BCUT2D eigenvalue weighted by atomic mass is 32.2. The number of amides is 1. The summed E-state index contributed by atoms with van der Waals surface area (Å²) in [6.45, 7) is 1.36. The molecule has 3 aromatic heterocycles. The summed E-state index contributed by atoms with van der Waals surface area (Å²) >= 11 is 0. The SMILES string of the molecule is CS(=O)(=O)c1ccc(-n2ncc3c(OC4CCN(C(=O)OCCc5cccnc5)CC4)ncnc32)cc1. The van der Waals surface area contributed by atoms with E-state index in [1.165, 1.54) is 24.7 Å². The van der Waals surface area contributed by atoms with Crippen LogP contribution in [0.3, 0.4) is 0 Å². The standard InChI is InChI=1S/C25H26N6O5S/c1-37(33,34)21-6-4-19(5-7-21)31-23-22(16-29-31)24(28-17-27-23)36-20-8-12-30(13-9-20)25(32)35-14-10-18-3-2-11-26-15-18/h2-7,11,15-17,20H,8-10,12-14H2,1H3. The molecule has 0 unspecified atom stereocenters. The average molecular weight is 523 g/mol. The molecule has 4 heterocycles. The Hall–Kier alpha value is -4.06. The molecule has 0 atom stereocenters. The molecule has 192 valence electrons. The zero-order valence-electron chi connectivity index (χ0n) is 20.2. The predicted molar refractivity (Wildman–Crippen MR) is 134 cm³/mol. The van der Waals surface area contributed by atoms with Gasteiger partial charge in [-0.3, -0.25) is 4.98 Å². The van der Waals surface area contributed by atoms with Crippen LogP contribution in [0.2, 0.25) is 0 Å². The molecule has 1 aliphatic heterocycles. The van der Waals surface area contributed by atoms with E-state index in [4.69, 9.17) is 9.47 Å². The van der Waals surface area contributed by atoms with E-state index in [9.17, 15) is 13.2 Å². The third-order valence-corrected chi connectivity index (χ3v) is 7.28. The number of ether oxygens (including phenoxy) is 2. The van der Waals surface area contributed by atoms with Crippen LogP contribution in [0.15, 0.2) is 66.2 Å². The smallest absolute Gasteiger partial charge is 0.409 e. The van der Waals surface area contributed by atoms with Gasteiger partial charge in [0.25, 0.3) is 0 Å². The minimum Gasteiger partial charge on any atom is -0.474 e. The molecular weight excluding hydrogens is 496 g/mol. The maximum Gasteiger partial charge on any atom is 0.409 e. The number of nitrogens with zero attached hydrogens (tertiary/aromatic N) is 6. The van der Waals surface area contributed by atoms with Crippen LogP contribution in [-0.2, 0) is 21.0 Å². The number of hydrogen-bond donors (Lipinski definition) is 0. The van der Waals surface area contributed by atoms with Crippen LogP contribution >= 0.6 is 0 Å². The van der Waals surface area contributed by atoms with Gasteiger partial charge in [-0.25, -0.2) is 27.9 Å². The summed E-state index contributed by atoms with van der Waals surface area (Å²) in [6.07, 6.45) is 9.15. The number of carbonyl (C=O) groups excluding carboxylic acids is 1. The van der Waals surface area contributed by atoms with E-state index in [1.54, 1.807) is 40.3 Å². The van der Waals surface area contributed by atoms with Crippen molar-refractivity contribution in [1.29, 1.82) is 0 Å². The Bertz CT molecular complexity index is 1480. The van der Waals surface area contributed by atoms with Crippen LogP contribution in [0.1, 0.15) is 18.4 Å². The summed E-state index contributed by atoms with van der Waals surface area (Å²) in [6, 6.07) is 10.2. The molecule has 0 radical (unpaired) electrons. The van der Waals surface area contributed by atoms with Crippen molar-refractivity contribution in [1.82, 2.24) is 29.6 Å². The third-order valence-electron chi connectivity index (χ3n) is 6.16. The first-order valence-corrected chi connectivity index (χ1v) is 13.7. The largest absolute Gasteiger partial charge is 0.474 e. The van der Waals surface area contributed by atoms with Gasteiger partial charge in [0.1, 0.15) is 17.8 Å². The molecule has 12 heteroatoms. The maximum atomic E-state index is 12.4. The Labute approximate surface area is 214 Å². The van der Waals surface area contributed by atoms with Crippen molar-refractivity contribution in [2.75, 3.05) is 26.0 Å². The molecule has 1 amide bonds. The zero-order chi connectivity index (χ0) is 25.8. The minimum absolute atomic E-state index is 0.116. The molecule has 4 aromatic rings. The lowest BCUT2D eigenvalue weighted by atomic mass is 10.1. The number of fused-ring (bicyclic) bond motifs is 1. The lowest BCUT2D eigenvalue weighted by molar-refractivity contribution is 0.0673. The summed E-state index contributed by atoms with van der Waals surface area (Å²) in [7, 11) is -3.29. The van der Waals surface area contributed by atoms with Gasteiger partial charge in [-0.2, -0.15) is 5.10 Å². The lowest BCUT2D eigenvalue weighted by Gasteiger charge is -2.31. The van der Waals surface area contributed by atoms with E-state index in [2.05, 4.69) is 20.1 Å². The van der Waals surface area contributed by atoms with E-state index >= 15 is 0 Å². The number of piperidine rings is 1. The fourth-order valence-electron chi connectivity index (χ4n) is 4.15. The second-order valence-electron chi connectivity index (χ2n) is 8.77. The van der Waals surface area contributed by atoms with Crippen LogP contribution in [0.4, 0.5) is 4.79 Å². The number of carbonyl (C=O) groups is 1. The summed E-state index contributed by atoms with van der Waals surface area (Å²) < 4.78 is 36.7. The van der Waals surface area contributed by atoms with Gasteiger partial charge in [0.15, 0.2) is 15.5 Å². The Kier molecular flexibility index (Phi) is 6.99. The van der Waals surface area contributed by atoms with Crippen molar-refractivity contribution in [2.24, 2.45) is 0 Å². The Morgan fingerprint density at radius 2 is 1.86 bits per heavy atom. The molecule has 0 N–H and O–H groups in total. The quantitative estimate of drug-likeness (QED) is 0.360. The van der Waals surface area contributed by atoms with E-state index in [1.807, 2.05) is 12.1 Å². The minimum atomic E-state index is -3.29. The van der Waals surface area contributed by atoms with Crippen LogP contribution in [0.25, 0.3) is 16.7 Å². The summed E-state index contributed by atoms with van der Waals surface area (Å²) in [5, 5.41) is 5.05. The second-order valence-corrected chi connectivity index (χ2v) is 10.8. The molecule has 0 bridgehead atoms. The van der Waals surface area contributed by atoms with Gasteiger partial charge in [-0.05, 0) is 35.9 Å². The third kappa shape index (κ3) is 5.69. The molecule has 37 heavy (non-hydrogen) atoms. The zero-order valence-corrected chi connectivity index (χ0v) is 21.0. The number of pyridine rings is 1. The van der Waals surface area contributed by atoms with Crippen molar-refractivity contribution >= 4 is 27.0 Å². The fraction of sp³-hybridized carbons (Fsp3) is 0.320. The van der Waals surface area contributed by atoms with Crippen LogP contribution in [0, 0.1) is 0 Å². The number of aromatic nitrogens is 5. The van der Waals surface area contributed by atoms with Crippen LogP contribution in [0.5, 0.6) is 5.88 Å². The van der Waals surface area contributed by atoms with E-state index < -0.39 is 9.84 Å². The molecule has 5 rings (SSSR count). The second kappa shape index (κ2) is 10.5. The summed E-state index contributed by atoms with van der Waals surface area (Å²) in [5.41, 5.74) is 2.24. The molecule has 11 nitrogen and oxygen atoms in total. The Morgan fingerprint density at radius 1 is 1.08 bits per heavy atom. The van der Waals surface area contributed by atoms with Gasteiger partial charge < -0.3 is 14.4 Å². The first kappa shape index (κ1) is 24.6. The van der Waals surface area contributed by atoms with Crippen LogP contribution in [-0.4, -0.2) is 76.2 Å². The van der Waals surface area contributed by atoms with E-state index in [-0.39, 0.29) is 17.1 Å². The van der Waals surface area contributed by atoms with Crippen molar-refractivity contribution in [2.45, 2.75) is 30.3 Å². The molecule has 1 fully saturated rings. The number of rotatable bonds is 7. The van der Waals surface area contributed by atoms with Crippen molar-refractivity contribution in [3.8, 4) is 11.6 Å². The van der Waals surface area contributed by atoms with E-state index in [0.29, 0.717) is 61.6 Å². The van der Waals surface area contributed by atoms with Gasteiger partial charge in [-0.1, -0.05) is 6.07 Å². The highest BCUT2D eigenvalue weighted by molar-refractivity contribution is 7.90. The fourth-order valence-corrected chi connectivity index (χ4v) is 4.78. The van der Waals surface area contributed by atoms with Gasteiger partial charge in [0, 0.05) is 51.0 Å². The molecule has 1 aromatic carbocycles. The Balaban J connectivity index is 1.19. The lowest BCUT2D eigenvalue weighted by Crippen LogP contribution is -2.42. The normalized spacial score (nSPS) is 14.6. The highest BCUT2D eigenvalue weighted by Gasteiger charge is 2.26. The number of likely N-dealkylation sites (tertiary alicyclic amines) is 1. The van der Waals surface area contributed by atoms with Gasteiger partial charge in [0.2, 0.25) is 5.88 Å². The average Bonchev–Trinajstić information content (AvgIpc) is 3.34. The monoisotopic (exact) mass is 522 g/mol. The predicted octanol–water partition coefficient (Wildman–Crippen LogP) is 2.84. The summed E-state index contributed by atoms with van der Waals surface area (Å²) in [4.78, 5) is 27.1.